The summed E-state index contributed by atoms with van der Waals surface area (Å²) in [6.07, 6.45) is 9.89. The van der Waals surface area contributed by atoms with Gasteiger partial charge in [-0.05, 0) is 43.4 Å². The van der Waals surface area contributed by atoms with Gasteiger partial charge in [-0.1, -0.05) is 17.7 Å². The highest BCUT2D eigenvalue weighted by atomic mass is 32.4. The fraction of sp³-hybridized carbons (Fsp3) is 0.667. The van der Waals surface area contributed by atoms with Crippen molar-refractivity contribution in [1.29, 1.82) is 0 Å². The first-order valence-electron chi connectivity index (χ1n) is 5.21. The van der Waals surface area contributed by atoms with E-state index in [1.54, 1.807) is 22.7 Å². The molecule has 0 bridgehead atoms. The fourth-order valence-corrected chi connectivity index (χ4v) is 13.0. The third-order valence-electron chi connectivity index (χ3n) is 5.26. The van der Waals surface area contributed by atoms with Crippen LogP contribution < -0.4 is 0 Å². The van der Waals surface area contributed by atoms with E-state index >= 15 is 0 Å². The maximum atomic E-state index is 2.65. The molecule has 0 nitrogen and oxygen atoms in total. The monoisotopic (exact) mass is 196 g/mol. The van der Waals surface area contributed by atoms with Gasteiger partial charge in [0.2, 0.25) is 0 Å². The average Bonchev–Trinajstić information content (AvgIpc) is 2.78. The molecule has 74 valence electrons. The van der Waals surface area contributed by atoms with Crippen molar-refractivity contribution in [3.8, 4) is 0 Å². The number of rotatable bonds is 1. The fourth-order valence-electron chi connectivity index (χ4n) is 3.87. The summed E-state index contributed by atoms with van der Waals surface area (Å²) < 4.78 is 0. The van der Waals surface area contributed by atoms with Gasteiger partial charge in [-0.15, -0.1) is 0 Å². The van der Waals surface area contributed by atoms with Crippen LogP contribution in [0.15, 0.2) is 23.3 Å². The molecule has 0 radical (unpaired) electrons. The van der Waals surface area contributed by atoms with Crippen LogP contribution in [0.5, 0.6) is 0 Å². The van der Waals surface area contributed by atoms with Gasteiger partial charge in [-0.25, -0.2) is 0 Å². The molecule has 3 aliphatic heterocycles. The summed E-state index contributed by atoms with van der Waals surface area (Å²) in [6.45, 7) is 4.52. The van der Waals surface area contributed by atoms with Crippen molar-refractivity contribution in [2.24, 2.45) is 0 Å². The summed E-state index contributed by atoms with van der Waals surface area (Å²) in [5, 5.41) is 2.03. The van der Waals surface area contributed by atoms with Crippen LogP contribution in [-0.4, -0.2) is 34.5 Å². The van der Waals surface area contributed by atoms with Gasteiger partial charge in [0, 0.05) is 10.5 Å². The van der Waals surface area contributed by atoms with Crippen LogP contribution in [0.1, 0.15) is 13.8 Å². The second-order valence-corrected chi connectivity index (χ2v) is 15.3. The van der Waals surface area contributed by atoms with Crippen molar-refractivity contribution in [2.75, 3.05) is 24.0 Å². The highest BCUT2D eigenvalue weighted by molar-refractivity contribution is 8.74. The molecule has 13 heavy (non-hydrogen) atoms. The van der Waals surface area contributed by atoms with E-state index in [2.05, 4.69) is 38.5 Å². The quantitative estimate of drug-likeness (QED) is 0.566. The molecule has 0 aromatic rings. The van der Waals surface area contributed by atoms with Crippen LogP contribution in [0.4, 0.5) is 0 Å². The predicted molar refractivity (Wildman–Crippen MR) is 64.3 cm³/mol. The van der Waals surface area contributed by atoms with Gasteiger partial charge in [0.05, 0.1) is 0 Å². The first-order valence-corrected chi connectivity index (χ1v) is 8.94. The number of hydrogen-bond donors (Lipinski definition) is 0. The maximum absolute atomic E-state index is 2.65. The highest BCUT2D eigenvalue weighted by Gasteiger charge is 2.90. The van der Waals surface area contributed by atoms with Crippen LogP contribution >= 0.6 is 8.29 Å². The Labute approximate surface area is 80.4 Å². The third kappa shape index (κ3) is 0.569. The molecule has 3 heterocycles. The van der Waals surface area contributed by atoms with E-state index < -0.39 is 8.29 Å². The first kappa shape index (κ1) is 8.16. The molecule has 2 saturated heterocycles. The van der Waals surface area contributed by atoms with Gasteiger partial charge in [0.1, 0.15) is 0 Å². The Balaban J connectivity index is 2.13. The lowest BCUT2D eigenvalue weighted by Crippen LogP contribution is -2.02. The molecule has 0 amide bonds. The molecule has 2 fully saturated rings. The van der Waals surface area contributed by atoms with E-state index in [1.165, 1.54) is 0 Å². The Kier molecular flexibility index (Phi) is 0.917. The molecule has 1 heteroatoms. The zero-order valence-corrected chi connectivity index (χ0v) is 9.95. The van der Waals surface area contributed by atoms with Crippen LogP contribution in [0.3, 0.4) is 0 Å². The zero-order valence-electron chi connectivity index (χ0n) is 9.13. The molecule has 0 saturated carbocycles. The van der Waals surface area contributed by atoms with E-state index in [4.69, 9.17) is 0 Å². The van der Waals surface area contributed by atoms with Crippen molar-refractivity contribution in [3.05, 3.63) is 23.3 Å². The summed E-state index contributed by atoms with van der Waals surface area (Å²) in [5.74, 6) is 3.12. The third-order valence-corrected chi connectivity index (χ3v) is 13.1. The van der Waals surface area contributed by atoms with Crippen molar-refractivity contribution in [2.45, 2.75) is 24.3 Å². The average molecular weight is 196 g/mol. The van der Waals surface area contributed by atoms with Gasteiger partial charge >= 0.3 is 0 Å². The molecular formula is C12H20S. The van der Waals surface area contributed by atoms with Crippen LogP contribution in [0.2, 0.25) is 0 Å². The lowest BCUT2D eigenvalue weighted by Gasteiger charge is -2.38. The molecule has 2 unspecified atom stereocenters. The SMILES string of the molecule is C/C=C\C1=C(C)C2CS23(C)(C)CC13. The van der Waals surface area contributed by atoms with Crippen molar-refractivity contribution in [1.82, 2.24) is 0 Å². The maximum Gasteiger partial charge on any atom is 0.0101 e. The van der Waals surface area contributed by atoms with E-state index in [9.17, 15) is 0 Å². The van der Waals surface area contributed by atoms with Crippen LogP contribution in [-0.2, 0) is 0 Å². The topological polar surface area (TPSA) is 0 Å². The van der Waals surface area contributed by atoms with Gasteiger partial charge in [-0.3, -0.25) is 8.29 Å². The Morgan fingerprint density at radius 2 is 1.85 bits per heavy atom. The summed E-state index contributed by atoms with van der Waals surface area (Å²) >= 11 is 0. The van der Waals surface area contributed by atoms with E-state index in [1.807, 2.05) is 0 Å². The Morgan fingerprint density at radius 1 is 1.23 bits per heavy atom. The minimum atomic E-state index is -1.39. The van der Waals surface area contributed by atoms with E-state index in [0.717, 1.165) is 10.5 Å². The normalized spacial score (nSPS) is 51.4. The minimum Gasteiger partial charge on any atom is -0.264 e. The van der Waals surface area contributed by atoms with Crippen LogP contribution in [0.25, 0.3) is 0 Å². The second kappa shape index (κ2) is 1.46. The van der Waals surface area contributed by atoms with Gasteiger partial charge in [0.15, 0.2) is 0 Å². The van der Waals surface area contributed by atoms with Crippen molar-refractivity contribution in [3.63, 3.8) is 0 Å². The molecule has 1 spiro atoms. The Bertz CT molecular complexity index is 397. The molecule has 0 aromatic heterocycles. The Hall–Kier alpha value is -0.170. The zero-order chi connectivity index (χ0) is 9.55. The summed E-state index contributed by atoms with van der Waals surface area (Å²) in [7, 11) is -1.39. The van der Waals surface area contributed by atoms with E-state index in [-0.39, 0.29) is 0 Å². The van der Waals surface area contributed by atoms with Gasteiger partial charge < -0.3 is 0 Å². The lowest BCUT2D eigenvalue weighted by atomic mass is 10.1. The largest absolute Gasteiger partial charge is 0.264 e. The minimum absolute atomic E-state index is 1.00. The Morgan fingerprint density at radius 3 is 2.31 bits per heavy atom. The van der Waals surface area contributed by atoms with Crippen molar-refractivity contribution < 1.29 is 0 Å². The molecule has 0 aliphatic carbocycles. The smallest absolute Gasteiger partial charge is 0.0101 e. The number of allylic oxidation sites excluding steroid dienone is 2. The first-order chi connectivity index (χ1) is 5.87. The molecular weight excluding hydrogens is 176 g/mol. The van der Waals surface area contributed by atoms with Crippen LogP contribution in [0, 0.1) is 0 Å². The molecule has 3 aliphatic rings. The molecule has 2 atom stereocenters. The molecule has 0 N–H and O–H groups in total. The summed E-state index contributed by atoms with van der Waals surface area (Å²) in [4.78, 5) is 0. The van der Waals surface area contributed by atoms with Crippen molar-refractivity contribution >= 4 is 8.29 Å². The van der Waals surface area contributed by atoms with E-state index in [0.29, 0.717) is 0 Å². The summed E-state index contributed by atoms with van der Waals surface area (Å²) in [6, 6.07) is 0. The standard InChI is InChI=1S/C12H20S/c1-5-6-10-9(2)11-7-13(11,3,4)8-12(10)13/h5-6,11-12H,7-8H2,1-4H3/b6-5-. The van der Waals surface area contributed by atoms with Gasteiger partial charge in [-0.2, -0.15) is 0 Å². The van der Waals surface area contributed by atoms with Gasteiger partial charge in [0.25, 0.3) is 0 Å². The second-order valence-electron chi connectivity index (χ2n) is 6.46. The summed E-state index contributed by atoms with van der Waals surface area (Å²) in [5.41, 5.74) is 3.45. The lowest BCUT2D eigenvalue weighted by molar-refractivity contribution is 1.15. The number of hydrogen-bond acceptors (Lipinski definition) is 0. The molecule has 3 rings (SSSR count). The predicted octanol–water partition coefficient (Wildman–Crippen LogP) is 2.79. The highest BCUT2D eigenvalue weighted by Crippen LogP contribution is 3.16. The molecule has 0 aromatic carbocycles.